The van der Waals surface area contributed by atoms with Crippen molar-refractivity contribution < 1.29 is 19.1 Å². The number of hydrogen-bond donors (Lipinski definition) is 1. The van der Waals surface area contributed by atoms with E-state index in [1.807, 2.05) is 61.7 Å². The third-order valence-electron chi connectivity index (χ3n) is 5.06. The van der Waals surface area contributed by atoms with Gasteiger partial charge in [-0.1, -0.05) is 6.92 Å². The average Bonchev–Trinajstić information content (AvgIpc) is 3.25. The number of ether oxygens (including phenoxy) is 2. The second-order valence-electron chi connectivity index (χ2n) is 7.06. The summed E-state index contributed by atoms with van der Waals surface area (Å²) in [5, 5.41) is 2.86. The van der Waals surface area contributed by atoms with Gasteiger partial charge in [0.25, 0.3) is 0 Å². The number of amides is 2. The second-order valence-corrected chi connectivity index (χ2v) is 7.06. The molecule has 0 spiro atoms. The SMILES string of the molecule is CCC(=O)N(CC)CC(=O)Nc1nc(-c2ccc(OC)cc2)cn1-c1ccc(OC)cc1. The maximum Gasteiger partial charge on any atom is 0.246 e. The number of nitrogens with one attached hydrogen (secondary N) is 1. The summed E-state index contributed by atoms with van der Waals surface area (Å²) in [6.07, 6.45) is 2.21. The molecule has 8 nitrogen and oxygen atoms in total. The fraction of sp³-hybridized carbons (Fsp3) is 0.292. The van der Waals surface area contributed by atoms with Crippen LogP contribution in [0.1, 0.15) is 20.3 Å². The number of anilines is 1. The van der Waals surface area contributed by atoms with Gasteiger partial charge in [-0.25, -0.2) is 4.98 Å². The zero-order valence-electron chi connectivity index (χ0n) is 18.8. The number of aromatic nitrogens is 2. The molecule has 1 N–H and O–H groups in total. The van der Waals surface area contributed by atoms with Gasteiger partial charge in [0, 0.05) is 30.4 Å². The van der Waals surface area contributed by atoms with Crippen molar-refractivity contribution in [3.8, 4) is 28.4 Å². The summed E-state index contributed by atoms with van der Waals surface area (Å²) >= 11 is 0. The highest BCUT2D eigenvalue weighted by Crippen LogP contribution is 2.27. The smallest absolute Gasteiger partial charge is 0.246 e. The molecule has 1 aromatic heterocycles. The van der Waals surface area contributed by atoms with E-state index in [4.69, 9.17) is 9.47 Å². The fourth-order valence-electron chi connectivity index (χ4n) is 3.25. The third-order valence-corrected chi connectivity index (χ3v) is 5.06. The quantitative estimate of drug-likeness (QED) is 0.552. The Kier molecular flexibility index (Phi) is 7.49. The number of hydrogen-bond acceptors (Lipinski definition) is 5. The van der Waals surface area contributed by atoms with Crippen molar-refractivity contribution in [3.63, 3.8) is 0 Å². The number of nitrogens with zero attached hydrogens (tertiary/aromatic N) is 3. The molecule has 1 heterocycles. The number of carbonyl (C=O) groups excluding carboxylic acids is 2. The summed E-state index contributed by atoms with van der Waals surface area (Å²) in [5.41, 5.74) is 2.38. The molecule has 0 atom stereocenters. The van der Waals surface area contributed by atoms with Gasteiger partial charge in [-0.15, -0.1) is 0 Å². The van der Waals surface area contributed by atoms with Crippen molar-refractivity contribution in [1.29, 1.82) is 0 Å². The number of benzene rings is 2. The molecule has 0 unspecified atom stereocenters. The van der Waals surface area contributed by atoms with Crippen LogP contribution in [0.25, 0.3) is 16.9 Å². The number of rotatable bonds is 9. The molecule has 0 bridgehead atoms. The lowest BCUT2D eigenvalue weighted by Gasteiger charge is -2.19. The van der Waals surface area contributed by atoms with Crippen LogP contribution in [0.4, 0.5) is 5.95 Å². The van der Waals surface area contributed by atoms with Crippen LogP contribution in [0, 0.1) is 0 Å². The molecule has 2 aromatic carbocycles. The minimum atomic E-state index is -0.310. The summed E-state index contributed by atoms with van der Waals surface area (Å²) in [5.74, 6) is 1.46. The number of carbonyl (C=O) groups is 2. The minimum absolute atomic E-state index is 0.0312. The van der Waals surface area contributed by atoms with Gasteiger partial charge in [-0.2, -0.15) is 0 Å². The van der Waals surface area contributed by atoms with E-state index in [2.05, 4.69) is 10.3 Å². The third kappa shape index (κ3) is 5.26. The molecule has 3 aromatic rings. The molecule has 8 heteroatoms. The molecule has 0 fully saturated rings. The predicted octanol–water partition coefficient (Wildman–Crippen LogP) is 3.75. The van der Waals surface area contributed by atoms with Gasteiger partial charge in [-0.05, 0) is 55.5 Å². The van der Waals surface area contributed by atoms with Crippen molar-refractivity contribution in [2.45, 2.75) is 20.3 Å². The van der Waals surface area contributed by atoms with E-state index < -0.39 is 0 Å². The van der Waals surface area contributed by atoms with Gasteiger partial charge in [0.05, 0.1) is 26.5 Å². The molecule has 168 valence electrons. The number of likely N-dealkylation sites (N-methyl/N-ethyl adjacent to an activating group) is 1. The maximum atomic E-state index is 12.7. The lowest BCUT2D eigenvalue weighted by Crippen LogP contribution is -2.37. The van der Waals surface area contributed by atoms with Gasteiger partial charge in [-0.3, -0.25) is 19.5 Å². The normalized spacial score (nSPS) is 10.5. The van der Waals surface area contributed by atoms with Gasteiger partial charge in [0.1, 0.15) is 11.5 Å². The Bertz CT molecular complexity index is 1060. The average molecular weight is 437 g/mol. The van der Waals surface area contributed by atoms with Crippen LogP contribution >= 0.6 is 0 Å². The minimum Gasteiger partial charge on any atom is -0.497 e. The molecule has 0 radical (unpaired) electrons. The first kappa shape index (κ1) is 22.9. The molecule has 32 heavy (non-hydrogen) atoms. The van der Waals surface area contributed by atoms with E-state index in [9.17, 15) is 9.59 Å². The second kappa shape index (κ2) is 10.5. The molecule has 0 saturated carbocycles. The highest BCUT2D eigenvalue weighted by atomic mass is 16.5. The first-order chi connectivity index (χ1) is 15.5. The summed E-state index contributed by atoms with van der Waals surface area (Å²) < 4.78 is 12.3. The van der Waals surface area contributed by atoms with E-state index in [1.54, 1.807) is 25.7 Å². The topological polar surface area (TPSA) is 85.7 Å². The number of methoxy groups -OCH3 is 2. The highest BCUT2D eigenvalue weighted by Gasteiger charge is 2.18. The maximum absolute atomic E-state index is 12.7. The zero-order valence-corrected chi connectivity index (χ0v) is 18.8. The van der Waals surface area contributed by atoms with Crippen LogP contribution in [-0.4, -0.2) is 53.6 Å². The van der Waals surface area contributed by atoms with E-state index in [0.717, 1.165) is 22.7 Å². The molecule has 0 aliphatic rings. The number of imidazole rings is 1. The molecule has 0 aliphatic carbocycles. The lowest BCUT2D eigenvalue weighted by molar-refractivity contribution is -0.134. The molecular weight excluding hydrogens is 408 g/mol. The van der Waals surface area contributed by atoms with E-state index in [-0.39, 0.29) is 18.4 Å². The van der Waals surface area contributed by atoms with Crippen LogP contribution in [0.2, 0.25) is 0 Å². The summed E-state index contributed by atoms with van der Waals surface area (Å²) in [6.45, 7) is 4.06. The molecule has 0 saturated heterocycles. The van der Waals surface area contributed by atoms with Gasteiger partial charge in [0.2, 0.25) is 17.8 Å². The molecule has 2 amide bonds. The van der Waals surface area contributed by atoms with Crippen LogP contribution in [-0.2, 0) is 9.59 Å². The Morgan fingerprint density at radius 1 is 0.969 bits per heavy atom. The zero-order chi connectivity index (χ0) is 23.1. The van der Waals surface area contributed by atoms with E-state index in [0.29, 0.717) is 24.6 Å². The van der Waals surface area contributed by atoms with Crippen molar-refractivity contribution in [1.82, 2.24) is 14.5 Å². The molecular formula is C24H28N4O4. The lowest BCUT2D eigenvalue weighted by atomic mass is 10.1. The summed E-state index contributed by atoms with van der Waals surface area (Å²) in [4.78, 5) is 30.9. The monoisotopic (exact) mass is 436 g/mol. The van der Waals surface area contributed by atoms with Crippen LogP contribution in [0.15, 0.2) is 54.7 Å². The van der Waals surface area contributed by atoms with Crippen molar-refractivity contribution in [2.75, 3.05) is 32.6 Å². The van der Waals surface area contributed by atoms with Crippen molar-refractivity contribution in [2.24, 2.45) is 0 Å². The van der Waals surface area contributed by atoms with Crippen LogP contribution in [0.3, 0.4) is 0 Å². The largest absolute Gasteiger partial charge is 0.497 e. The van der Waals surface area contributed by atoms with Crippen molar-refractivity contribution in [3.05, 3.63) is 54.7 Å². The Hall–Kier alpha value is -3.81. The molecule has 0 aliphatic heterocycles. The predicted molar refractivity (Wildman–Crippen MR) is 123 cm³/mol. The van der Waals surface area contributed by atoms with Gasteiger partial charge in [0.15, 0.2) is 0 Å². The summed E-state index contributed by atoms with van der Waals surface area (Å²) in [6, 6.07) is 15.0. The van der Waals surface area contributed by atoms with Crippen LogP contribution < -0.4 is 14.8 Å². The first-order valence-electron chi connectivity index (χ1n) is 10.4. The summed E-state index contributed by atoms with van der Waals surface area (Å²) in [7, 11) is 3.22. The fourth-order valence-corrected chi connectivity index (χ4v) is 3.25. The Morgan fingerprint density at radius 3 is 2.09 bits per heavy atom. The van der Waals surface area contributed by atoms with Crippen LogP contribution in [0.5, 0.6) is 11.5 Å². The Morgan fingerprint density at radius 2 is 1.56 bits per heavy atom. The standard InChI is InChI=1S/C24H28N4O4/c1-5-23(30)27(6-2)16-22(29)26-24-25-21(17-7-11-19(31-3)12-8-17)15-28(24)18-9-13-20(32-4)14-10-18/h7-15H,5-6,16H2,1-4H3,(H,25,26,29). The van der Waals surface area contributed by atoms with Gasteiger partial charge < -0.3 is 14.4 Å². The van der Waals surface area contributed by atoms with E-state index in [1.165, 1.54) is 4.90 Å². The molecule has 3 rings (SSSR count). The Balaban J connectivity index is 1.93. The van der Waals surface area contributed by atoms with E-state index >= 15 is 0 Å². The van der Waals surface area contributed by atoms with Crippen molar-refractivity contribution >= 4 is 17.8 Å². The first-order valence-corrected chi connectivity index (χ1v) is 10.4. The Labute approximate surface area is 187 Å². The highest BCUT2D eigenvalue weighted by molar-refractivity contribution is 5.93. The van der Waals surface area contributed by atoms with Gasteiger partial charge >= 0.3 is 0 Å².